The van der Waals surface area contributed by atoms with Crippen LogP contribution in [0.2, 0.25) is 0 Å². The molecule has 0 fully saturated rings. The van der Waals surface area contributed by atoms with Crippen LogP contribution in [0.25, 0.3) is 0 Å². The van der Waals surface area contributed by atoms with Crippen LogP contribution < -0.4 is 11.1 Å². The number of aromatic nitrogens is 1. The smallest absolute Gasteiger partial charge is 0.271 e. The molecule has 1 rings (SSSR count). The normalized spacial score (nSPS) is 12.8. The van der Waals surface area contributed by atoms with E-state index in [4.69, 9.17) is 10.8 Å². The van der Waals surface area contributed by atoms with Crippen LogP contribution in [0.5, 0.6) is 0 Å². The van der Waals surface area contributed by atoms with E-state index in [1.807, 2.05) is 13.8 Å². The minimum Gasteiger partial charge on any atom is -0.394 e. The Balaban J connectivity index is 2.62. The first-order valence-corrected chi connectivity index (χ1v) is 5.55. The zero-order valence-electron chi connectivity index (χ0n) is 8.73. The zero-order chi connectivity index (χ0) is 11.4. The predicted molar refractivity (Wildman–Crippen MR) is 59.7 cm³/mol. The van der Waals surface area contributed by atoms with Gasteiger partial charge in [-0.1, -0.05) is 13.8 Å². The predicted octanol–water partition coefficient (Wildman–Crippen LogP) is 0.472. The number of nitrogens with one attached hydrogen (secondary N) is 1. The van der Waals surface area contributed by atoms with Gasteiger partial charge in [0.1, 0.15) is 5.69 Å². The Bertz CT molecular complexity index is 338. The van der Waals surface area contributed by atoms with Crippen LogP contribution in [0, 0.1) is 5.92 Å². The maximum Gasteiger partial charge on any atom is 0.271 e. The molecule has 1 aromatic heterocycles. The van der Waals surface area contributed by atoms with Crippen molar-refractivity contribution in [2.75, 3.05) is 12.3 Å². The van der Waals surface area contributed by atoms with E-state index in [0.717, 1.165) is 0 Å². The van der Waals surface area contributed by atoms with Crippen molar-refractivity contribution >= 4 is 22.4 Å². The molecule has 0 bridgehead atoms. The molecule has 1 aromatic rings. The molecule has 0 saturated heterocycles. The second-order valence-corrected chi connectivity index (χ2v) is 4.47. The van der Waals surface area contributed by atoms with Gasteiger partial charge >= 0.3 is 0 Å². The van der Waals surface area contributed by atoms with E-state index in [2.05, 4.69) is 10.3 Å². The number of nitrogen functional groups attached to an aromatic ring is 1. The van der Waals surface area contributed by atoms with Gasteiger partial charge in [-0.05, 0) is 5.92 Å². The molecule has 0 aliphatic heterocycles. The van der Waals surface area contributed by atoms with Crippen molar-refractivity contribution in [1.29, 1.82) is 0 Å². The molecule has 0 aliphatic rings. The molecule has 0 aromatic carbocycles. The van der Waals surface area contributed by atoms with Gasteiger partial charge in [0.15, 0.2) is 5.13 Å². The number of anilines is 1. The number of carbonyl (C=O) groups excluding carboxylic acids is 1. The first kappa shape index (κ1) is 11.9. The number of rotatable bonds is 4. The van der Waals surface area contributed by atoms with Crippen LogP contribution in [-0.4, -0.2) is 28.6 Å². The molecule has 0 spiro atoms. The number of carbonyl (C=O) groups is 1. The van der Waals surface area contributed by atoms with Crippen molar-refractivity contribution in [3.8, 4) is 0 Å². The monoisotopic (exact) mass is 229 g/mol. The summed E-state index contributed by atoms with van der Waals surface area (Å²) in [6, 6.07) is -0.250. The molecule has 6 heteroatoms. The summed E-state index contributed by atoms with van der Waals surface area (Å²) in [6.45, 7) is 3.77. The molecule has 0 radical (unpaired) electrons. The third-order valence-electron chi connectivity index (χ3n) is 2.07. The molecule has 1 heterocycles. The van der Waals surface area contributed by atoms with Crippen molar-refractivity contribution in [3.63, 3.8) is 0 Å². The molecule has 5 nitrogen and oxygen atoms in total. The average Bonchev–Trinajstić information content (AvgIpc) is 2.60. The Morgan fingerprint density at radius 2 is 2.40 bits per heavy atom. The van der Waals surface area contributed by atoms with Crippen molar-refractivity contribution in [2.24, 2.45) is 5.92 Å². The SMILES string of the molecule is CC(C)C(CO)NC(=O)c1csc(N)n1. The van der Waals surface area contributed by atoms with Gasteiger partial charge in [-0.3, -0.25) is 4.79 Å². The largest absolute Gasteiger partial charge is 0.394 e. The van der Waals surface area contributed by atoms with Crippen molar-refractivity contribution in [1.82, 2.24) is 10.3 Å². The van der Waals surface area contributed by atoms with E-state index < -0.39 is 0 Å². The molecule has 4 N–H and O–H groups in total. The molecule has 1 atom stereocenters. The average molecular weight is 229 g/mol. The van der Waals surface area contributed by atoms with Crippen molar-refractivity contribution in [2.45, 2.75) is 19.9 Å². The third kappa shape index (κ3) is 3.17. The van der Waals surface area contributed by atoms with Crippen LogP contribution in [0.3, 0.4) is 0 Å². The second-order valence-electron chi connectivity index (χ2n) is 3.58. The van der Waals surface area contributed by atoms with Crippen LogP contribution in [-0.2, 0) is 0 Å². The van der Waals surface area contributed by atoms with E-state index in [0.29, 0.717) is 10.8 Å². The fourth-order valence-electron chi connectivity index (χ4n) is 1.06. The third-order valence-corrected chi connectivity index (χ3v) is 2.75. The van der Waals surface area contributed by atoms with Gasteiger partial charge in [0.05, 0.1) is 12.6 Å². The number of amides is 1. The zero-order valence-corrected chi connectivity index (χ0v) is 9.54. The van der Waals surface area contributed by atoms with E-state index in [1.165, 1.54) is 11.3 Å². The number of aliphatic hydroxyl groups is 1. The standard InChI is InChI=1S/C9H15N3O2S/c1-5(2)6(3-13)11-8(14)7-4-15-9(10)12-7/h4-6,13H,3H2,1-2H3,(H2,10,12)(H,11,14). The summed E-state index contributed by atoms with van der Waals surface area (Å²) < 4.78 is 0. The quantitative estimate of drug-likeness (QED) is 0.700. The maximum absolute atomic E-state index is 11.6. The summed E-state index contributed by atoms with van der Waals surface area (Å²) in [5.74, 6) is -0.120. The first-order chi connectivity index (χ1) is 7.04. The summed E-state index contributed by atoms with van der Waals surface area (Å²) in [5.41, 5.74) is 5.72. The Kier molecular flexibility index (Phi) is 4.05. The minimum atomic E-state index is -0.296. The molecular weight excluding hydrogens is 214 g/mol. The van der Waals surface area contributed by atoms with Crippen LogP contribution in [0.4, 0.5) is 5.13 Å². The van der Waals surface area contributed by atoms with E-state index >= 15 is 0 Å². The van der Waals surface area contributed by atoms with Crippen LogP contribution in [0.15, 0.2) is 5.38 Å². The second kappa shape index (κ2) is 5.09. The molecule has 0 saturated carbocycles. The highest BCUT2D eigenvalue weighted by Crippen LogP contribution is 2.11. The van der Waals surface area contributed by atoms with Gasteiger partial charge in [-0.15, -0.1) is 11.3 Å². The lowest BCUT2D eigenvalue weighted by atomic mass is 10.1. The summed E-state index contributed by atoms with van der Waals surface area (Å²) >= 11 is 1.22. The number of hydrogen-bond donors (Lipinski definition) is 3. The molecule has 84 valence electrons. The first-order valence-electron chi connectivity index (χ1n) is 4.67. The van der Waals surface area contributed by atoms with Crippen LogP contribution in [0.1, 0.15) is 24.3 Å². The van der Waals surface area contributed by atoms with Gasteiger partial charge in [0, 0.05) is 5.38 Å². The van der Waals surface area contributed by atoms with Gasteiger partial charge in [-0.2, -0.15) is 0 Å². The molecule has 1 amide bonds. The van der Waals surface area contributed by atoms with Gasteiger partial charge in [0.2, 0.25) is 0 Å². The Morgan fingerprint density at radius 1 is 1.73 bits per heavy atom. The van der Waals surface area contributed by atoms with Gasteiger partial charge < -0.3 is 16.2 Å². The number of nitrogens with zero attached hydrogens (tertiary/aromatic N) is 1. The Hall–Kier alpha value is -1.14. The van der Waals surface area contributed by atoms with Crippen molar-refractivity contribution < 1.29 is 9.90 Å². The topological polar surface area (TPSA) is 88.2 Å². The lowest BCUT2D eigenvalue weighted by molar-refractivity contribution is 0.0892. The highest BCUT2D eigenvalue weighted by molar-refractivity contribution is 7.13. The minimum absolute atomic E-state index is 0.0803. The molecule has 1 unspecified atom stereocenters. The fraction of sp³-hybridized carbons (Fsp3) is 0.556. The summed E-state index contributed by atoms with van der Waals surface area (Å²) in [5, 5.41) is 13.7. The highest BCUT2D eigenvalue weighted by atomic mass is 32.1. The maximum atomic E-state index is 11.6. The molecule has 0 aliphatic carbocycles. The Labute approximate surface area is 92.3 Å². The number of thiazole rings is 1. The summed E-state index contributed by atoms with van der Waals surface area (Å²) in [4.78, 5) is 15.5. The van der Waals surface area contributed by atoms with Gasteiger partial charge in [0.25, 0.3) is 5.91 Å². The highest BCUT2D eigenvalue weighted by Gasteiger charge is 2.17. The molecule has 15 heavy (non-hydrogen) atoms. The number of hydrogen-bond acceptors (Lipinski definition) is 5. The van der Waals surface area contributed by atoms with E-state index in [9.17, 15) is 4.79 Å². The van der Waals surface area contributed by atoms with E-state index in [1.54, 1.807) is 5.38 Å². The summed E-state index contributed by atoms with van der Waals surface area (Å²) in [6.07, 6.45) is 0. The van der Waals surface area contributed by atoms with E-state index in [-0.39, 0.29) is 24.5 Å². The van der Waals surface area contributed by atoms with Gasteiger partial charge in [-0.25, -0.2) is 4.98 Å². The Morgan fingerprint density at radius 3 is 2.80 bits per heavy atom. The lowest BCUT2D eigenvalue weighted by Crippen LogP contribution is -2.41. The lowest BCUT2D eigenvalue weighted by Gasteiger charge is -2.18. The van der Waals surface area contributed by atoms with Crippen molar-refractivity contribution in [3.05, 3.63) is 11.1 Å². The molecular formula is C9H15N3O2S. The fourth-order valence-corrected chi connectivity index (χ4v) is 1.60. The summed E-state index contributed by atoms with van der Waals surface area (Å²) in [7, 11) is 0. The van der Waals surface area contributed by atoms with Crippen LogP contribution >= 0.6 is 11.3 Å². The number of nitrogens with two attached hydrogens (primary N) is 1. The number of aliphatic hydroxyl groups excluding tert-OH is 1.